The molecule has 0 amide bonds. The summed E-state index contributed by atoms with van der Waals surface area (Å²) in [6.45, 7) is 3.34. The number of aryl methyl sites for hydroxylation is 1. The van der Waals surface area contributed by atoms with Gasteiger partial charge in [-0.15, -0.1) is 11.3 Å². The number of hydrogen-bond donors (Lipinski definition) is 0. The van der Waals surface area contributed by atoms with E-state index in [1.807, 2.05) is 6.07 Å². The van der Waals surface area contributed by atoms with E-state index in [0.717, 1.165) is 43.8 Å². The average molecular weight is 498 g/mol. The Morgan fingerprint density at radius 2 is 1.69 bits per heavy atom. The lowest BCUT2D eigenvalue weighted by Crippen LogP contribution is -2.48. The summed E-state index contributed by atoms with van der Waals surface area (Å²) >= 11 is 16.4. The van der Waals surface area contributed by atoms with Crippen LogP contribution in [0.4, 0.5) is 0 Å². The molecule has 2 aromatic rings. The van der Waals surface area contributed by atoms with Gasteiger partial charge >= 0.3 is 0 Å². The Labute approximate surface area is 176 Å². The molecule has 0 radical (unpaired) electrons. The van der Waals surface area contributed by atoms with Crippen LogP contribution in [-0.2, 0) is 16.4 Å². The zero-order chi connectivity index (χ0) is 18.7. The van der Waals surface area contributed by atoms with Gasteiger partial charge in [0.15, 0.2) is 0 Å². The third-order valence-corrected chi connectivity index (χ3v) is 9.81. The van der Waals surface area contributed by atoms with Crippen LogP contribution in [0.1, 0.15) is 12.0 Å². The average Bonchev–Trinajstić information content (AvgIpc) is 2.89. The first-order valence-electron chi connectivity index (χ1n) is 8.29. The molecule has 0 aliphatic carbocycles. The van der Waals surface area contributed by atoms with Gasteiger partial charge in [-0.1, -0.05) is 53.5 Å². The Balaban J connectivity index is 1.54. The van der Waals surface area contributed by atoms with Crippen LogP contribution >= 0.6 is 50.5 Å². The van der Waals surface area contributed by atoms with E-state index in [-0.39, 0.29) is 9.23 Å². The molecule has 2 heterocycles. The fourth-order valence-corrected chi connectivity index (χ4v) is 7.94. The molecule has 1 aliphatic rings. The number of benzene rings is 1. The molecule has 0 spiro atoms. The maximum Gasteiger partial charge on any atom is 0.246 e. The number of thiophene rings is 1. The van der Waals surface area contributed by atoms with E-state index < -0.39 is 10.0 Å². The Kier molecular flexibility index (Phi) is 7.05. The van der Waals surface area contributed by atoms with Gasteiger partial charge in [-0.25, -0.2) is 8.42 Å². The third kappa shape index (κ3) is 4.63. The highest BCUT2D eigenvalue weighted by molar-refractivity contribution is 9.10. The Morgan fingerprint density at radius 1 is 1.04 bits per heavy atom. The van der Waals surface area contributed by atoms with E-state index in [4.69, 9.17) is 23.2 Å². The summed E-state index contributed by atoms with van der Waals surface area (Å²) in [6.07, 6.45) is 2.10. The zero-order valence-corrected chi connectivity index (χ0v) is 18.7. The molecule has 9 heteroatoms. The summed E-state index contributed by atoms with van der Waals surface area (Å²) in [7, 11) is -3.64. The molecule has 1 aromatic heterocycles. The molecule has 0 atom stereocenters. The van der Waals surface area contributed by atoms with Gasteiger partial charge < -0.3 is 4.90 Å². The first kappa shape index (κ1) is 20.6. The van der Waals surface area contributed by atoms with Gasteiger partial charge in [-0.3, -0.25) is 0 Å². The van der Waals surface area contributed by atoms with E-state index in [1.54, 1.807) is 0 Å². The molecule has 0 unspecified atom stereocenters. The molecule has 0 bridgehead atoms. The second-order valence-electron chi connectivity index (χ2n) is 6.13. The van der Waals surface area contributed by atoms with Crippen LogP contribution in [0.5, 0.6) is 0 Å². The second kappa shape index (κ2) is 8.90. The van der Waals surface area contributed by atoms with Gasteiger partial charge in [-0.2, -0.15) is 4.31 Å². The maximum absolute atomic E-state index is 12.9. The quantitative estimate of drug-likeness (QED) is 0.577. The molecule has 26 heavy (non-hydrogen) atoms. The highest BCUT2D eigenvalue weighted by Crippen LogP contribution is 2.44. The van der Waals surface area contributed by atoms with Crippen molar-refractivity contribution in [3.05, 3.63) is 49.0 Å². The number of halogens is 3. The van der Waals surface area contributed by atoms with Gasteiger partial charge in [0, 0.05) is 26.2 Å². The zero-order valence-electron chi connectivity index (χ0n) is 14.0. The van der Waals surface area contributed by atoms with Crippen molar-refractivity contribution in [1.82, 2.24) is 9.21 Å². The fraction of sp³-hybridized carbons (Fsp3) is 0.412. The fourth-order valence-electron chi connectivity index (χ4n) is 3.03. The third-order valence-electron chi connectivity index (χ3n) is 4.44. The highest BCUT2D eigenvalue weighted by atomic mass is 79.9. The van der Waals surface area contributed by atoms with Crippen LogP contribution in [-0.4, -0.2) is 50.3 Å². The van der Waals surface area contributed by atoms with Crippen molar-refractivity contribution >= 4 is 60.5 Å². The lowest BCUT2D eigenvalue weighted by molar-refractivity contribution is 0.187. The van der Waals surface area contributed by atoms with E-state index >= 15 is 0 Å². The van der Waals surface area contributed by atoms with E-state index in [1.165, 1.54) is 9.87 Å². The summed E-state index contributed by atoms with van der Waals surface area (Å²) < 4.78 is 28.2. The van der Waals surface area contributed by atoms with Crippen molar-refractivity contribution in [2.24, 2.45) is 0 Å². The van der Waals surface area contributed by atoms with Crippen LogP contribution < -0.4 is 0 Å². The molecular formula is C17H19BrCl2N2O2S2. The van der Waals surface area contributed by atoms with Crippen molar-refractivity contribution in [1.29, 1.82) is 0 Å². The number of hydrogen-bond acceptors (Lipinski definition) is 4. The maximum atomic E-state index is 12.9. The lowest BCUT2D eigenvalue weighted by atomic mass is 10.1. The van der Waals surface area contributed by atoms with Crippen LogP contribution in [0.3, 0.4) is 0 Å². The Hall–Kier alpha value is -0.150. The van der Waals surface area contributed by atoms with Gasteiger partial charge in [0.2, 0.25) is 10.0 Å². The van der Waals surface area contributed by atoms with Crippen molar-refractivity contribution < 1.29 is 8.42 Å². The predicted octanol–water partition coefficient (Wildman–Crippen LogP) is 4.76. The minimum absolute atomic E-state index is 0.0895. The molecule has 3 rings (SSSR count). The lowest BCUT2D eigenvalue weighted by Gasteiger charge is -2.34. The summed E-state index contributed by atoms with van der Waals surface area (Å²) in [6, 6.07) is 10.4. The highest BCUT2D eigenvalue weighted by Gasteiger charge is 2.33. The number of sulfonamides is 1. The Morgan fingerprint density at radius 3 is 2.27 bits per heavy atom. The molecule has 0 N–H and O–H groups in total. The second-order valence-corrected chi connectivity index (χ2v) is 11.0. The van der Waals surface area contributed by atoms with Gasteiger partial charge in [0.05, 0.1) is 4.47 Å². The van der Waals surface area contributed by atoms with Crippen LogP contribution in [0.15, 0.2) is 39.7 Å². The smallest absolute Gasteiger partial charge is 0.246 e. The van der Waals surface area contributed by atoms with Crippen LogP contribution in [0.25, 0.3) is 0 Å². The van der Waals surface area contributed by atoms with Crippen molar-refractivity contribution in [3.8, 4) is 0 Å². The monoisotopic (exact) mass is 496 g/mol. The molecule has 1 fully saturated rings. The first-order valence-corrected chi connectivity index (χ1v) is 12.1. The number of rotatable bonds is 6. The normalized spacial score (nSPS) is 16.9. The predicted molar refractivity (Wildman–Crippen MR) is 112 cm³/mol. The summed E-state index contributed by atoms with van der Waals surface area (Å²) in [4.78, 5) is 2.40. The van der Waals surface area contributed by atoms with Crippen molar-refractivity contribution in [3.63, 3.8) is 0 Å². The van der Waals surface area contributed by atoms with E-state index in [0.29, 0.717) is 21.9 Å². The minimum Gasteiger partial charge on any atom is -0.301 e. The standard InChI is InChI=1S/C17H19BrCl2N2O2S2/c18-14-15(17(20)25-16(14)19)26(23,24)22-11-9-21(10-12-22)8-4-7-13-5-2-1-3-6-13/h1-3,5-6H,4,7-12H2. The topological polar surface area (TPSA) is 40.6 Å². The van der Waals surface area contributed by atoms with Crippen LogP contribution in [0, 0.1) is 0 Å². The van der Waals surface area contributed by atoms with Crippen molar-refractivity contribution in [2.45, 2.75) is 17.7 Å². The van der Waals surface area contributed by atoms with Gasteiger partial charge in [0.25, 0.3) is 0 Å². The molecule has 1 aromatic carbocycles. The minimum atomic E-state index is -3.64. The van der Waals surface area contributed by atoms with Crippen LogP contribution in [0.2, 0.25) is 8.67 Å². The number of nitrogens with zero attached hydrogens (tertiary/aromatic N) is 2. The summed E-state index contributed by atoms with van der Waals surface area (Å²) in [5, 5.41) is 0. The molecule has 1 saturated heterocycles. The summed E-state index contributed by atoms with van der Waals surface area (Å²) in [5.41, 5.74) is 1.34. The SMILES string of the molecule is O=S(=O)(c1c(Cl)sc(Cl)c1Br)N1CCN(CCCc2ccccc2)CC1. The van der Waals surface area contributed by atoms with Crippen molar-refractivity contribution in [2.75, 3.05) is 32.7 Å². The molecule has 4 nitrogen and oxygen atoms in total. The first-order chi connectivity index (χ1) is 12.4. The van der Waals surface area contributed by atoms with Gasteiger partial charge in [-0.05, 0) is 40.9 Å². The number of piperazine rings is 1. The van der Waals surface area contributed by atoms with Gasteiger partial charge in [0.1, 0.15) is 13.6 Å². The molecule has 142 valence electrons. The molecule has 0 saturated carbocycles. The van der Waals surface area contributed by atoms with E-state index in [2.05, 4.69) is 45.1 Å². The molecular weight excluding hydrogens is 479 g/mol. The largest absolute Gasteiger partial charge is 0.301 e. The van der Waals surface area contributed by atoms with E-state index in [9.17, 15) is 8.42 Å². The summed E-state index contributed by atoms with van der Waals surface area (Å²) in [5.74, 6) is 0. The Bertz CT molecular complexity index is 851. The molecule has 1 aliphatic heterocycles.